The van der Waals surface area contributed by atoms with Crippen LogP contribution in [0.1, 0.15) is 16.7 Å². The quantitative estimate of drug-likeness (QED) is 0.848. The van der Waals surface area contributed by atoms with Crippen LogP contribution in [-0.4, -0.2) is 26.2 Å². The van der Waals surface area contributed by atoms with Crippen molar-refractivity contribution in [1.29, 1.82) is 0 Å². The molecule has 0 aliphatic carbocycles. The van der Waals surface area contributed by atoms with Crippen molar-refractivity contribution in [2.75, 3.05) is 21.3 Å². The Labute approximate surface area is 131 Å². The number of methoxy groups -OCH3 is 3. The molecule has 4 heteroatoms. The fraction of sp³-hybridized carbons (Fsp3) is 0.333. The molecule has 0 saturated heterocycles. The van der Waals surface area contributed by atoms with Crippen molar-refractivity contribution in [2.24, 2.45) is 0 Å². The van der Waals surface area contributed by atoms with Gasteiger partial charge in [-0.2, -0.15) is 0 Å². The summed E-state index contributed by atoms with van der Waals surface area (Å²) in [6, 6.07) is 12.4. The fourth-order valence-electron chi connectivity index (χ4n) is 2.90. The largest absolute Gasteiger partial charge is 0.497 e. The Morgan fingerprint density at radius 3 is 1.82 bits per heavy atom. The molecule has 0 amide bonds. The van der Waals surface area contributed by atoms with E-state index in [-0.39, 0.29) is 0 Å². The van der Waals surface area contributed by atoms with Crippen molar-refractivity contribution in [1.82, 2.24) is 4.90 Å². The lowest BCUT2D eigenvalue weighted by Crippen LogP contribution is -2.15. The summed E-state index contributed by atoms with van der Waals surface area (Å²) in [5.41, 5.74) is 3.91. The molecular formula is C18H21NO3. The van der Waals surface area contributed by atoms with Crippen molar-refractivity contribution in [3.05, 3.63) is 53.1 Å². The van der Waals surface area contributed by atoms with Gasteiger partial charge >= 0.3 is 0 Å². The molecule has 4 nitrogen and oxygen atoms in total. The molecule has 116 valence electrons. The van der Waals surface area contributed by atoms with E-state index in [9.17, 15) is 0 Å². The van der Waals surface area contributed by atoms with Crippen LogP contribution in [0.2, 0.25) is 0 Å². The van der Waals surface area contributed by atoms with E-state index in [2.05, 4.69) is 29.2 Å². The molecule has 3 rings (SSSR count). The van der Waals surface area contributed by atoms with Gasteiger partial charge in [0.15, 0.2) is 11.5 Å². The highest BCUT2D eigenvalue weighted by molar-refractivity contribution is 5.48. The molecule has 0 saturated carbocycles. The van der Waals surface area contributed by atoms with Crippen molar-refractivity contribution in [3.63, 3.8) is 0 Å². The van der Waals surface area contributed by atoms with E-state index in [0.717, 1.165) is 36.9 Å². The Balaban J connectivity index is 1.73. The van der Waals surface area contributed by atoms with Crippen LogP contribution in [0.3, 0.4) is 0 Å². The van der Waals surface area contributed by atoms with E-state index < -0.39 is 0 Å². The van der Waals surface area contributed by atoms with E-state index in [1.54, 1.807) is 21.3 Å². The number of ether oxygens (including phenoxy) is 3. The first kappa shape index (κ1) is 14.7. The third-order valence-corrected chi connectivity index (χ3v) is 4.06. The molecular weight excluding hydrogens is 278 g/mol. The summed E-state index contributed by atoms with van der Waals surface area (Å²) in [5, 5.41) is 0. The summed E-state index contributed by atoms with van der Waals surface area (Å²) < 4.78 is 16.0. The highest BCUT2D eigenvalue weighted by Gasteiger charge is 2.21. The standard InChI is InChI=1S/C18H21NO3/c1-20-16-6-4-13(5-7-16)10-19-11-14-8-17(21-2)18(22-3)9-15(14)12-19/h4-9H,10-12H2,1-3H3. The zero-order valence-corrected chi connectivity index (χ0v) is 13.3. The zero-order chi connectivity index (χ0) is 15.5. The van der Waals surface area contributed by atoms with Gasteiger partial charge < -0.3 is 14.2 Å². The van der Waals surface area contributed by atoms with Gasteiger partial charge in [-0.15, -0.1) is 0 Å². The van der Waals surface area contributed by atoms with Crippen LogP contribution in [0.4, 0.5) is 0 Å². The molecule has 0 atom stereocenters. The minimum atomic E-state index is 0.799. The highest BCUT2D eigenvalue weighted by Crippen LogP contribution is 2.35. The van der Waals surface area contributed by atoms with Crippen LogP contribution >= 0.6 is 0 Å². The number of nitrogens with zero attached hydrogens (tertiary/aromatic N) is 1. The van der Waals surface area contributed by atoms with E-state index in [0.29, 0.717) is 0 Å². The summed E-state index contributed by atoms with van der Waals surface area (Å²) in [7, 11) is 5.04. The van der Waals surface area contributed by atoms with Gasteiger partial charge in [0.25, 0.3) is 0 Å². The van der Waals surface area contributed by atoms with Crippen LogP contribution < -0.4 is 14.2 Å². The summed E-state index contributed by atoms with van der Waals surface area (Å²) in [6.07, 6.45) is 0. The molecule has 0 spiro atoms. The van der Waals surface area contributed by atoms with Gasteiger partial charge in [0.1, 0.15) is 5.75 Å². The molecule has 2 aromatic carbocycles. The molecule has 0 fully saturated rings. The van der Waals surface area contributed by atoms with E-state index >= 15 is 0 Å². The first-order chi connectivity index (χ1) is 10.7. The molecule has 2 aromatic rings. The second-order valence-corrected chi connectivity index (χ2v) is 5.47. The summed E-state index contributed by atoms with van der Waals surface area (Å²) in [5.74, 6) is 2.49. The van der Waals surface area contributed by atoms with Gasteiger partial charge in [-0.25, -0.2) is 0 Å². The third kappa shape index (κ3) is 2.88. The molecule has 22 heavy (non-hydrogen) atoms. The van der Waals surface area contributed by atoms with Crippen molar-refractivity contribution in [3.8, 4) is 17.2 Å². The van der Waals surface area contributed by atoms with E-state index in [4.69, 9.17) is 14.2 Å². The van der Waals surface area contributed by atoms with Crippen LogP contribution in [-0.2, 0) is 19.6 Å². The molecule has 0 unspecified atom stereocenters. The normalized spacial score (nSPS) is 13.8. The van der Waals surface area contributed by atoms with E-state index in [1.165, 1.54) is 16.7 Å². The average Bonchev–Trinajstić information content (AvgIpc) is 2.95. The maximum Gasteiger partial charge on any atom is 0.161 e. The maximum atomic E-state index is 5.38. The van der Waals surface area contributed by atoms with Crippen LogP contribution in [0.25, 0.3) is 0 Å². The SMILES string of the molecule is COc1ccc(CN2Cc3cc(OC)c(OC)cc3C2)cc1. The summed E-state index contributed by atoms with van der Waals surface area (Å²) >= 11 is 0. The van der Waals surface area contributed by atoms with Gasteiger partial charge in [-0.1, -0.05) is 12.1 Å². The van der Waals surface area contributed by atoms with Crippen LogP contribution in [0.15, 0.2) is 36.4 Å². The summed E-state index contributed by atoms with van der Waals surface area (Å²) in [6.45, 7) is 2.78. The Hall–Kier alpha value is -2.20. The smallest absolute Gasteiger partial charge is 0.161 e. The zero-order valence-electron chi connectivity index (χ0n) is 13.3. The van der Waals surface area contributed by atoms with Gasteiger partial charge in [0, 0.05) is 19.6 Å². The minimum absolute atomic E-state index is 0.799. The van der Waals surface area contributed by atoms with Gasteiger partial charge in [-0.05, 0) is 41.0 Å². The Morgan fingerprint density at radius 1 is 0.818 bits per heavy atom. The second kappa shape index (κ2) is 6.28. The molecule has 0 N–H and O–H groups in total. The third-order valence-electron chi connectivity index (χ3n) is 4.06. The van der Waals surface area contributed by atoms with Gasteiger partial charge in [0.2, 0.25) is 0 Å². The number of rotatable bonds is 5. The topological polar surface area (TPSA) is 30.9 Å². The Morgan fingerprint density at radius 2 is 1.36 bits per heavy atom. The van der Waals surface area contributed by atoms with Crippen LogP contribution in [0.5, 0.6) is 17.2 Å². The molecule has 1 aliphatic heterocycles. The Bertz CT molecular complexity index is 619. The van der Waals surface area contributed by atoms with Crippen molar-refractivity contribution < 1.29 is 14.2 Å². The Kier molecular flexibility index (Phi) is 4.20. The maximum absolute atomic E-state index is 5.38. The first-order valence-corrected chi connectivity index (χ1v) is 7.32. The molecule has 0 bridgehead atoms. The van der Waals surface area contributed by atoms with Gasteiger partial charge in [-0.3, -0.25) is 4.90 Å². The average molecular weight is 299 g/mol. The van der Waals surface area contributed by atoms with E-state index in [1.807, 2.05) is 12.1 Å². The number of hydrogen-bond donors (Lipinski definition) is 0. The summed E-state index contributed by atoms with van der Waals surface area (Å²) in [4.78, 5) is 2.41. The lowest BCUT2D eigenvalue weighted by atomic mass is 10.1. The molecule has 1 aliphatic rings. The van der Waals surface area contributed by atoms with Crippen molar-refractivity contribution in [2.45, 2.75) is 19.6 Å². The molecule has 1 heterocycles. The number of hydrogen-bond acceptors (Lipinski definition) is 4. The van der Waals surface area contributed by atoms with Crippen molar-refractivity contribution >= 4 is 0 Å². The lowest BCUT2D eigenvalue weighted by molar-refractivity contribution is 0.275. The molecule has 0 aromatic heterocycles. The predicted molar refractivity (Wildman–Crippen MR) is 85.5 cm³/mol. The van der Waals surface area contributed by atoms with Crippen LogP contribution in [0, 0.1) is 0 Å². The number of benzene rings is 2. The lowest BCUT2D eigenvalue weighted by Gasteiger charge is -2.14. The highest BCUT2D eigenvalue weighted by atomic mass is 16.5. The minimum Gasteiger partial charge on any atom is -0.497 e. The predicted octanol–water partition coefficient (Wildman–Crippen LogP) is 3.23. The number of fused-ring (bicyclic) bond motifs is 1. The first-order valence-electron chi connectivity index (χ1n) is 7.32. The monoisotopic (exact) mass is 299 g/mol. The molecule has 0 radical (unpaired) electrons. The second-order valence-electron chi connectivity index (χ2n) is 5.47. The fourth-order valence-corrected chi connectivity index (χ4v) is 2.90. The van der Waals surface area contributed by atoms with Gasteiger partial charge in [0.05, 0.1) is 21.3 Å².